The Morgan fingerprint density at radius 1 is 0.773 bits per heavy atom. The van der Waals surface area contributed by atoms with Gasteiger partial charge in [0.1, 0.15) is 12.2 Å². The minimum absolute atomic E-state index is 0.0386. The second-order valence-electron chi connectivity index (χ2n) is 4.78. The maximum atomic E-state index is 5.93. The zero-order valence-electron chi connectivity index (χ0n) is 14.7. The van der Waals surface area contributed by atoms with Crippen LogP contribution in [0.25, 0.3) is 0 Å². The predicted molar refractivity (Wildman–Crippen MR) is 87.0 cm³/mol. The molecule has 3 atom stereocenters. The van der Waals surface area contributed by atoms with Crippen LogP contribution in [0.4, 0.5) is 0 Å². The van der Waals surface area contributed by atoms with Gasteiger partial charge in [0.15, 0.2) is 0 Å². The van der Waals surface area contributed by atoms with Crippen LogP contribution in [-0.4, -0.2) is 64.7 Å². The summed E-state index contributed by atoms with van der Waals surface area (Å²) in [7, 11) is 0. The van der Waals surface area contributed by atoms with E-state index in [1.807, 2.05) is 27.7 Å². The number of hydrogen-bond donors (Lipinski definition) is 1. The van der Waals surface area contributed by atoms with Crippen molar-refractivity contribution < 1.29 is 23.7 Å². The van der Waals surface area contributed by atoms with Gasteiger partial charge in [-0.3, -0.25) is 0 Å². The fourth-order valence-electron chi connectivity index (χ4n) is 2.36. The Kier molecular flexibility index (Phi) is 15.5. The molecule has 0 bridgehead atoms. The SMILES string of the molecule is CCOCC(OCC)C(OCC)C(CCCOCN)OCC. The third-order valence-electron chi connectivity index (χ3n) is 3.23. The standard InChI is InChI=1S/C16H35NO5/c1-5-18-12-15(21-7-3)16(22-8-4)14(20-6-2)10-9-11-19-13-17/h14-16H,5-13,17H2,1-4H3. The zero-order valence-corrected chi connectivity index (χ0v) is 14.7. The van der Waals surface area contributed by atoms with Crippen LogP contribution in [0.15, 0.2) is 0 Å². The first kappa shape index (κ1) is 21.8. The first-order valence-corrected chi connectivity index (χ1v) is 8.45. The molecule has 0 fully saturated rings. The summed E-state index contributed by atoms with van der Waals surface area (Å²) in [5, 5.41) is 0. The van der Waals surface area contributed by atoms with Gasteiger partial charge in [0, 0.05) is 33.0 Å². The molecule has 0 aliphatic heterocycles. The quantitative estimate of drug-likeness (QED) is 0.346. The molecule has 0 aromatic heterocycles. The summed E-state index contributed by atoms with van der Waals surface area (Å²) >= 11 is 0. The molecule has 134 valence electrons. The van der Waals surface area contributed by atoms with E-state index in [4.69, 9.17) is 29.4 Å². The third kappa shape index (κ3) is 9.71. The summed E-state index contributed by atoms with van der Waals surface area (Å²) < 4.78 is 28.4. The van der Waals surface area contributed by atoms with Crippen molar-refractivity contribution in [2.24, 2.45) is 5.73 Å². The fraction of sp³-hybridized carbons (Fsp3) is 1.00. The molecule has 0 aromatic rings. The van der Waals surface area contributed by atoms with Crippen LogP contribution in [0.3, 0.4) is 0 Å². The lowest BCUT2D eigenvalue weighted by Crippen LogP contribution is -2.45. The van der Waals surface area contributed by atoms with Gasteiger partial charge in [0.2, 0.25) is 0 Å². The third-order valence-corrected chi connectivity index (χ3v) is 3.23. The molecule has 6 nitrogen and oxygen atoms in total. The molecule has 22 heavy (non-hydrogen) atoms. The van der Waals surface area contributed by atoms with Crippen molar-refractivity contribution in [1.82, 2.24) is 0 Å². The lowest BCUT2D eigenvalue weighted by molar-refractivity contribution is -0.153. The molecular weight excluding hydrogens is 286 g/mol. The highest BCUT2D eigenvalue weighted by Gasteiger charge is 2.31. The molecule has 0 saturated heterocycles. The van der Waals surface area contributed by atoms with E-state index < -0.39 is 0 Å². The molecule has 0 radical (unpaired) electrons. The zero-order chi connectivity index (χ0) is 16.6. The van der Waals surface area contributed by atoms with E-state index in [1.165, 1.54) is 0 Å². The van der Waals surface area contributed by atoms with E-state index in [9.17, 15) is 0 Å². The predicted octanol–water partition coefficient (Wildman–Crippen LogP) is 1.95. The molecule has 0 aromatic carbocycles. The Morgan fingerprint density at radius 3 is 1.95 bits per heavy atom. The van der Waals surface area contributed by atoms with E-state index in [2.05, 4.69) is 0 Å². The highest BCUT2D eigenvalue weighted by Crippen LogP contribution is 2.18. The van der Waals surface area contributed by atoms with Crippen LogP contribution in [0.1, 0.15) is 40.5 Å². The molecule has 2 N–H and O–H groups in total. The van der Waals surface area contributed by atoms with Crippen molar-refractivity contribution in [2.75, 3.05) is 46.4 Å². The molecule has 6 heteroatoms. The maximum absolute atomic E-state index is 5.93. The summed E-state index contributed by atoms with van der Waals surface area (Å²) in [6.45, 7) is 11.9. The van der Waals surface area contributed by atoms with Crippen LogP contribution < -0.4 is 5.73 Å². The van der Waals surface area contributed by atoms with E-state index in [0.29, 0.717) is 39.6 Å². The Balaban J connectivity index is 4.72. The van der Waals surface area contributed by atoms with Crippen molar-refractivity contribution in [3.05, 3.63) is 0 Å². The van der Waals surface area contributed by atoms with Gasteiger partial charge >= 0.3 is 0 Å². The van der Waals surface area contributed by atoms with Crippen molar-refractivity contribution >= 4 is 0 Å². The second-order valence-corrected chi connectivity index (χ2v) is 4.78. The first-order chi connectivity index (χ1) is 10.7. The summed E-state index contributed by atoms with van der Waals surface area (Å²) in [6.07, 6.45) is 1.40. The van der Waals surface area contributed by atoms with Gasteiger partial charge in [-0.1, -0.05) is 0 Å². The summed E-state index contributed by atoms with van der Waals surface area (Å²) in [5.41, 5.74) is 5.34. The summed E-state index contributed by atoms with van der Waals surface area (Å²) in [5.74, 6) is 0. The highest BCUT2D eigenvalue weighted by molar-refractivity contribution is 4.80. The van der Waals surface area contributed by atoms with Crippen LogP contribution in [0.2, 0.25) is 0 Å². The Hall–Kier alpha value is -0.240. The normalized spacial score (nSPS) is 15.7. The number of rotatable bonds is 16. The lowest BCUT2D eigenvalue weighted by atomic mass is 10.0. The summed E-state index contributed by atoms with van der Waals surface area (Å²) in [4.78, 5) is 0. The molecule has 0 heterocycles. The van der Waals surface area contributed by atoms with Crippen molar-refractivity contribution in [3.8, 4) is 0 Å². The van der Waals surface area contributed by atoms with Gasteiger partial charge in [-0.15, -0.1) is 0 Å². The second kappa shape index (κ2) is 15.6. The minimum Gasteiger partial charge on any atom is -0.379 e. The molecular formula is C16H35NO5. The van der Waals surface area contributed by atoms with Crippen molar-refractivity contribution in [1.29, 1.82) is 0 Å². The Bertz CT molecular complexity index is 231. The average molecular weight is 321 g/mol. The summed E-state index contributed by atoms with van der Waals surface area (Å²) in [6, 6.07) is 0. The average Bonchev–Trinajstić information content (AvgIpc) is 2.52. The highest BCUT2D eigenvalue weighted by atomic mass is 16.6. The Morgan fingerprint density at radius 2 is 1.41 bits per heavy atom. The molecule has 0 amide bonds. The molecule has 0 rings (SSSR count). The number of hydrogen-bond acceptors (Lipinski definition) is 6. The van der Waals surface area contributed by atoms with Gasteiger partial charge in [0.25, 0.3) is 0 Å². The smallest absolute Gasteiger partial charge is 0.112 e. The van der Waals surface area contributed by atoms with Gasteiger partial charge in [0.05, 0.1) is 19.4 Å². The lowest BCUT2D eigenvalue weighted by Gasteiger charge is -2.33. The van der Waals surface area contributed by atoms with Crippen LogP contribution >= 0.6 is 0 Å². The maximum Gasteiger partial charge on any atom is 0.112 e. The van der Waals surface area contributed by atoms with Gasteiger partial charge in [-0.25, -0.2) is 0 Å². The van der Waals surface area contributed by atoms with Gasteiger partial charge in [-0.2, -0.15) is 0 Å². The van der Waals surface area contributed by atoms with Crippen molar-refractivity contribution in [3.63, 3.8) is 0 Å². The van der Waals surface area contributed by atoms with Gasteiger partial charge < -0.3 is 29.4 Å². The molecule has 0 saturated carbocycles. The van der Waals surface area contributed by atoms with Crippen LogP contribution in [0, 0.1) is 0 Å². The van der Waals surface area contributed by atoms with Crippen LogP contribution in [0.5, 0.6) is 0 Å². The van der Waals surface area contributed by atoms with Crippen LogP contribution in [-0.2, 0) is 23.7 Å². The molecule has 0 aliphatic rings. The van der Waals surface area contributed by atoms with E-state index in [0.717, 1.165) is 12.8 Å². The first-order valence-electron chi connectivity index (χ1n) is 8.45. The van der Waals surface area contributed by atoms with E-state index >= 15 is 0 Å². The topological polar surface area (TPSA) is 72.2 Å². The fourth-order valence-corrected chi connectivity index (χ4v) is 2.36. The molecule has 3 unspecified atom stereocenters. The van der Waals surface area contributed by atoms with E-state index in [1.54, 1.807) is 0 Å². The number of nitrogens with two attached hydrogens (primary N) is 1. The monoisotopic (exact) mass is 321 g/mol. The van der Waals surface area contributed by atoms with Crippen molar-refractivity contribution in [2.45, 2.75) is 58.8 Å². The largest absolute Gasteiger partial charge is 0.379 e. The number of ether oxygens (including phenoxy) is 5. The van der Waals surface area contributed by atoms with Gasteiger partial charge in [-0.05, 0) is 40.5 Å². The molecule has 0 aliphatic carbocycles. The molecule has 0 spiro atoms. The minimum atomic E-state index is -0.144. The Labute approximate surface area is 135 Å². The van der Waals surface area contributed by atoms with E-state index in [-0.39, 0.29) is 25.0 Å².